The van der Waals surface area contributed by atoms with Gasteiger partial charge in [-0.05, 0) is 17.7 Å². The zero-order valence-corrected chi connectivity index (χ0v) is 17.8. The number of benzene rings is 1. The SMILES string of the molecule is [O-][S+]1CCN(c2nc(NCCO)nc3c(NCc4cccc(Cl)c4)ncnc23)CC1. The lowest BCUT2D eigenvalue weighted by atomic mass is 10.2. The van der Waals surface area contributed by atoms with Crippen molar-refractivity contribution in [3.8, 4) is 0 Å². The summed E-state index contributed by atoms with van der Waals surface area (Å²) in [7, 11) is 0. The molecule has 0 atom stereocenters. The zero-order chi connectivity index (χ0) is 20.9. The first-order chi connectivity index (χ1) is 14.6. The van der Waals surface area contributed by atoms with Gasteiger partial charge in [0.2, 0.25) is 5.95 Å². The number of aromatic nitrogens is 4. The van der Waals surface area contributed by atoms with Crippen molar-refractivity contribution in [2.24, 2.45) is 0 Å². The fourth-order valence-electron chi connectivity index (χ4n) is 3.21. The average Bonchev–Trinajstić information content (AvgIpc) is 2.76. The number of aliphatic hydroxyl groups is 1. The van der Waals surface area contributed by atoms with E-state index in [1.165, 1.54) is 6.33 Å². The van der Waals surface area contributed by atoms with Crippen LogP contribution in [-0.4, -0.2) is 67.3 Å². The number of hydrogen-bond acceptors (Lipinski definition) is 9. The lowest BCUT2D eigenvalue weighted by molar-refractivity contribution is 0.311. The second kappa shape index (κ2) is 9.61. The molecule has 1 aliphatic rings. The average molecular weight is 448 g/mol. The standard InChI is InChI=1S/C19H22ClN7O2S/c20-14-3-1-2-13(10-14)11-22-17-15-16(23-12-24-17)18(26-19(25-15)21-4-7-28)27-5-8-30(29)9-6-27/h1-3,10,12,28H,4-9,11H2,(H,21,25,26)(H,22,23,24). The minimum absolute atomic E-state index is 0.0371. The monoisotopic (exact) mass is 447 g/mol. The molecule has 0 bridgehead atoms. The molecular formula is C19H22ClN7O2S. The highest BCUT2D eigenvalue weighted by Gasteiger charge is 2.24. The molecule has 30 heavy (non-hydrogen) atoms. The van der Waals surface area contributed by atoms with Gasteiger partial charge in [-0.15, -0.1) is 0 Å². The molecule has 1 aromatic carbocycles. The maximum Gasteiger partial charge on any atom is 0.225 e. The van der Waals surface area contributed by atoms with E-state index in [4.69, 9.17) is 16.7 Å². The van der Waals surface area contributed by atoms with E-state index in [2.05, 4.69) is 35.5 Å². The Balaban J connectivity index is 1.69. The van der Waals surface area contributed by atoms with Gasteiger partial charge in [-0.2, -0.15) is 4.98 Å². The zero-order valence-electron chi connectivity index (χ0n) is 16.2. The molecule has 0 spiro atoms. The van der Waals surface area contributed by atoms with Crippen molar-refractivity contribution in [2.45, 2.75) is 6.54 Å². The molecule has 0 radical (unpaired) electrons. The first-order valence-corrected chi connectivity index (χ1v) is 11.5. The third-order valence-electron chi connectivity index (χ3n) is 4.68. The third-order valence-corrected chi connectivity index (χ3v) is 6.20. The number of aliphatic hydroxyl groups excluding tert-OH is 1. The van der Waals surface area contributed by atoms with E-state index in [1.807, 2.05) is 24.3 Å². The highest BCUT2D eigenvalue weighted by Crippen LogP contribution is 2.28. The lowest BCUT2D eigenvalue weighted by Crippen LogP contribution is -2.41. The summed E-state index contributed by atoms with van der Waals surface area (Å²) in [5.74, 6) is 2.83. The molecule has 0 aliphatic carbocycles. The van der Waals surface area contributed by atoms with Crippen LogP contribution in [-0.2, 0) is 17.7 Å². The summed E-state index contributed by atoms with van der Waals surface area (Å²) >= 11 is 5.28. The Hall–Kier alpha value is -2.40. The van der Waals surface area contributed by atoms with Crippen molar-refractivity contribution in [3.63, 3.8) is 0 Å². The van der Waals surface area contributed by atoms with Crippen molar-refractivity contribution >= 4 is 51.4 Å². The fourth-order valence-corrected chi connectivity index (χ4v) is 4.48. The molecule has 11 heteroatoms. The van der Waals surface area contributed by atoms with E-state index in [0.717, 1.165) is 5.56 Å². The summed E-state index contributed by atoms with van der Waals surface area (Å²) in [6, 6.07) is 7.59. The van der Waals surface area contributed by atoms with Gasteiger partial charge in [0, 0.05) is 18.1 Å². The molecule has 1 fully saturated rings. The van der Waals surface area contributed by atoms with E-state index in [1.54, 1.807) is 0 Å². The minimum atomic E-state index is -0.799. The number of hydrogen-bond donors (Lipinski definition) is 3. The van der Waals surface area contributed by atoms with Crippen LogP contribution < -0.4 is 15.5 Å². The molecule has 9 nitrogen and oxygen atoms in total. The van der Waals surface area contributed by atoms with Gasteiger partial charge in [-0.25, -0.2) is 15.0 Å². The van der Waals surface area contributed by atoms with Gasteiger partial charge in [0.25, 0.3) is 0 Å². The van der Waals surface area contributed by atoms with Gasteiger partial charge in [0.05, 0.1) is 19.7 Å². The quantitative estimate of drug-likeness (QED) is 0.464. The Morgan fingerprint density at radius 1 is 1.13 bits per heavy atom. The van der Waals surface area contributed by atoms with E-state index in [0.29, 0.717) is 71.3 Å². The molecule has 3 aromatic rings. The van der Waals surface area contributed by atoms with Crippen molar-refractivity contribution < 1.29 is 9.66 Å². The summed E-state index contributed by atoms with van der Waals surface area (Å²) < 4.78 is 11.8. The summed E-state index contributed by atoms with van der Waals surface area (Å²) in [4.78, 5) is 20.1. The molecule has 4 rings (SSSR count). The Morgan fingerprint density at radius 3 is 2.73 bits per heavy atom. The Bertz CT molecular complexity index is 1020. The van der Waals surface area contributed by atoms with Gasteiger partial charge in [0.1, 0.15) is 28.9 Å². The van der Waals surface area contributed by atoms with Crippen molar-refractivity contribution in [1.29, 1.82) is 0 Å². The molecule has 0 saturated carbocycles. The Kier molecular flexibility index (Phi) is 6.68. The maximum absolute atomic E-state index is 11.8. The Morgan fingerprint density at radius 2 is 1.97 bits per heavy atom. The molecule has 158 valence electrons. The van der Waals surface area contributed by atoms with Crippen LogP contribution in [0.2, 0.25) is 5.02 Å². The third kappa shape index (κ3) is 4.84. The lowest BCUT2D eigenvalue weighted by Gasteiger charge is -2.29. The second-order valence-corrected chi connectivity index (χ2v) is 8.89. The van der Waals surface area contributed by atoms with Crippen LogP contribution in [0.15, 0.2) is 30.6 Å². The number of nitrogens with zero attached hydrogens (tertiary/aromatic N) is 5. The van der Waals surface area contributed by atoms with Crippen LogP contribution in [0.4, 0.5) is 17.6 Å². The van der Waals surface area contributed by atoms with Crippen LogP contribution in [0.3, 0.4) is 0 Å². The van der Waals surface area contributed by atoms with E-state index in [-0.39, 0.29) is 6.61 Å². The minimum Gasteiger partial charge on any atom is -0.616 e. The van der Waals surface area contributed by atoms with Gasteiger partial charge in [-0.3, -0.25) is 0 Å². The molecule has 1 aliphatic heterocycles. The van der Waals surface area contributed by atoms with Gasteiger partial charge in [0.15, 0.2) is 11.6 Å². The second-order valence-electron chi connectivity index (χ2n) is 6.76. The first kappa shape index (κ1) is 20.9. The van der Waals surface area contributed by atoms with Crippen LogP contribution in [0.25, 0.3) is 11.0 Å². The van der Waals surface area contributed by atoms with Crippen molar-refractivity contribution in [1.82, 2.24) is 19.9 Å². The molecule has 0 unspecified atom stereocenters. The van der Waals surface area contributed by atoms with Crippen LogP contribution >= 0.6 is 11.6 Å². The maximum atomic E-state index is 11.8. The van der Waals surface area contributed by atoms with Gasteiger partial charge >= 0.3 is 0 Å². The first-order valence-electron chi connectivity index (χ1n) is 9.60. The number of halogens is 1. The summed E-state index contributed by atoms with van der Waals surface area (Å²) in [6.07, 6.45) is 1.48. The highest BCUT2D eigenvalue weighted by molar-refractivity contribution is 7.91. The number of anilines is 3. The van der Waals surface area contributed by atoms with Crippen LogP contribution in [0, 0.1) is 0 Å². The van der Waals surface area contributed by atoms with E-state index < -0.39 is 11.2 Å². The number of fused-ring (bicyclic) bond motifs is 1. The largest absolute Gasteiger partial charge is 0.616 e. The smallest absolute Gasteiger partial charge is 0.225 e. The molecule has 3 N–H and O–H groups in total. The predicted octanol–water partition coefficient (Wildman–Crippen LogP) is 1.66. The topological polar surface area (TPSA) is 122 Å². The van der Waals surface area contributed by atoms with Gasteiger partial charge < -0.3 is 25.2 Å². The molecular weight excluding hydrogens is 426 g/mol. The normalized spacial score (nSPS) is 14.8. The molecule has 3 heterocycles. The van der Waals surface area contributed by atoms with Crippen LogP contribution in [0.5, 0.6) is 0 Å². The van der Waals surface area contributed by atoms with Crippen molar-refractivity contribution in [2.75, 3.05) is 53.3 Å². The van der Waals surface area contributed by atoms with Gasteiger partial charge in [-0.1, -0.05) is 34.9 Å². The molecule has 2 aromatic heterocycles. The van der Waals surface area contributed by atoms with E-state index >= 15 is 0 Å². The highest BCUT2D eigenvalue weighted by atomic mass is 35.5. The summed E-state index contributed by atoms with van der Waals surface area (Å²) in [6.45, 7) is 2.08. The van der Waals surface area contributed by atoms with Crippen molar-refractivity contribution in [3.05, 3.63) is 41.2 Å². The number of rotatable bonds is 7. The van der Waals surface area contributed by atoms with Crippen LogP contribution in [0.1, 0.15) is 5.56 Å². The predicted molar refractivity (Wildman–Crippen MR) is 120 cm³/mol. The fraction of sp³-hybridized carbons (Fsp3) is 0.368. The molecule has 0 amide bonds. The number of nitrogens with one attached hydrogen (secondary N) is 2. The Labute approximate surface area is 182 Å². The summed E-state index contributed by atoms with van der Waals surface area (Å²) in [5, 5.41) is 16.2. The van der Waals surface area contributed by atoms with E-state index in [9.17, 15) is 4.55 Å². The summed E-state index contributed by atoms with van der Waals surface area (Å²) in [5.41, 5.74) is 2.22. The molecule has 1 saturated heterocycles.